The van der Waals surface area contributed by atoms with Gasteiger partial charge in [0.05, 0.1) is 0 Å². The molecular weight excluding hydrogens is 234 g/mol. The minimum absolute atomic E-state index is 1.12. The van der Waals surface area contributed by atoms with E-state index in [1.807, 2.05) is 0 Å². The molecule has 0 spiro atoms. The van der Waals surface area contributed by atoms with Gasteiger partial charge in [0.15, 0.2) is 0 Å². The minimum atomic E-state index is 1.12. The molecule has 1 aliphatic heterocycles. The van der Waals surface area contributed by atoms with Gasteiger partial charge < -0.3 is 15.5 Å². The highest BCUT2D eigenvalue weighted by atomic mass is 15.2. The van der Waals surface area contributed by atoms with E-state index < -0.39 is 0 Å². The van der Waals surface area contributed by atoms with Crippen LogP contribution in [0.2, 0.25) is 0 Å². The normalized spacial score (nSPS) is 18.8. The summed E-state index contributed by atoms with van der Waals surface area (Å²) in [7, 11) is 0. The van der Waals surface area contributed by atoms with Crippen molar-refractivity contribution in [2.45, 2.75) is 58.3 Å². The first-order chi connectivity index (χ1) is 9.43. The summed E-state index contributed by atoms with van der Waals surface area (Å²) in [5, 5.41) is 6.97. The maximum absolute atomic E-state index is 3.48. The first-order valence-electron chi connectivity index (χ1n) is 8.57. The van der Waals surface area contributed by atoms with Crippen molar-refractivity contribution in [3.8, 4) is 0 Å². The maximum Gasteiger partial charge on any atom is 0.0107 e. The fourth-order valence-corrected chi connectivity index (χ4v) is 2.71. The Hall–Kier alpha value is -0.120. The van der Waals surface area contributed by atoms with Crippen molar-refractivity contribution in [3.05, 3.63) is 0 Å². The van der Waals surface area contributed by atoms with E-state index in [0.29, 0.717) is 0 Å². The van der Waals surface area contributed by atoms with Crippen molar-refractivity contribution in [1.82, 2.24) is 15.5 Å². The molecule has 0 aromatic carbocycles. The third-order valence-electron chi connectivity index (χ3n) is 4.02. The van der Waals surface area contributed by atoms with Gasteiger partial charge in [0.2, 0.25) is 0 Å². The Morgan fingerprint density at radius 2 is 1.21 bits per heavy atom. The Kier molecular flexibility index (Phi) is 11.5. The zero-order valence-corrected chi connectivity index (χ0v) is 13.1. The van der Waals surface area contributed by atoms with Crippen molar-refractivity contribution in [2.75, 3.05) is 45.8 Å². The van der Waals surface area contributed by atoms with E-state index in [2.05, 4.69) is 22.5 Å². The standard InChI is InChI=1S/C16H35N3/c1-2-3-4-5-6-7-8-9-14-19-15-12-17-10-11-18-13-16-19/h17-18H,2-16H2,1H3. The quantitative estimate of drug-likeness (QED) is 0.630. The first kappa shape index (κ1) is 16.9. The summed E-state index contributed by atoms with van der Waals surface area (Å²) in [6.07, 6.45) is 11.4. The minimum Gasteiger partial charge on any atom is -0.314 e. The van der Waals surface area contributed by atoms with E-state index in [1.165, 1.54) is 71.0 Å². The zero-order valence-electron chi connectivity index (χ0n) is 13.1. The number of rotatable bonds is 9. The van der Waals surface area contributed by atoms with Crippen molar-refractivity contribution in [1.29, 1.82) is 0 Å². The monoisotopic (exact) mass is 269 g/mol. The molecule has 0 aliphatic carbocycles. The van der Waals surface area contributed by atoms with Gasteiger partial charge in [0.25, 0.3) is 0 Å². The van der Waals surface area contributed by atoms with E-state index in [4.69, 9.17) is 0 Å². The van der Waals surface area contributed by atoms with Gasteiger partial charge in [-0.05, 0) is 13.0 Å². The molecule has 0 radical (unpaired) electrons. The molecule has 0 unspecified atom stereocenters. The topological polar surface area (TPSA) is 27.3 Å². The van der Waals surface area contributed by atoms with Gasteiger partial charge in [0.1, 0.15) is 0 Å². The molecule has 3 heteroatoms. The third-order valence-corrected chi connectivity index (χ3v) is 4.02. The molecule has 0 atom stereocenters. The number of nitrogens with one attached hydrogen (secondary N) is 2. The van der Waals surface area contributed by atoms with Gasteiger partial charge in [-0.2, -0.15) is 0 Å². The summed E-state index contributed by atoms with van der Waals surface area (Å²) in [4.78, 5) is 2.61. The van der Waals surface area contributed by atoms with E-state index in [9.17, 15) is 0 Å². The van der Waals surface area contributed by atoms with Crippen LogP contribution in [-0.2, 0) is 0 Å². The molecule has 2 N–H and O–H groups in total. The van der Waals surface area contributed by atoms with Crippen LogP contribution in [0.3, 0.4) is 0 Å². The molecule has 0 amide bonds. The number of hydrogen-bond acceptors (Lipinski definition) is 3. The van der Waals surface area contributed by atoms with Crippen molar-refractivity contribution < 1.29 is 0 Å². The molecular formula is C16H35N3. The summed E-state index contributed by atoms with van der Waals surface area (Å²) in [6.45, 7) is 10.6. The van der Waals surface area contributed by atoms with Crippen LogP contribution < -0.4 is 10.6 Å². The van der Waals surface area contributed by atoms with Gasteiger partial charge in [-0.3, -0.25) is 0 Å². The third kappa shape index (κ3) is 10.3. The van der Waals surface area contributed by atoms with E-state index >= 15 is 0 Å². The van der Waals surface area contributed by atoms with E-state index in [-0.39, 0.29) is 0 Å². The Labute approximate surface area is 120 Å². The summed E-state index contributed by atoms with van der Waals surface area (Å²) in [5.41, 5.74) is 0. The van der Waals surface area contributed by atoms with Crippen molar-refractivity contribution >= 4 is 0 Å². The average Bonchev–Trinajstić information content (AvgIpc) is 2.55. The van der Waals surface area contributed by atoms with E-state index in [1.54, 1.807) is 0 Å². The number of hydrogen-bond donors (Lipinski definition) is 2. The van der Waals surface area contributed by atoms with Crippen LogP contribution in [0, 0.1) is 0 Å². The fourth-order valence-electron chi connectivity index (χ4n) is 2.71. The molecule has 0 bridgehead atoms. The van der Waals surface area contributed by atoms with Crippen LogP contribution >= 0.6 is 0 Å². The lowest BCUT2D eigenvalue weighted by Gasteiger charge is -2.21. The smallest absolute Gasteiger partial charge is 0.0107 e. The molecule has 114 valence electrons. The van der Waals surface area contributed by atoms with Gasteiger partial charge >= 0.3 is 0 Å². The molecule has 0 aromatic heterocycles. The highest BCUT2D eigenvalue weighted by Crippen LogP contribution is 2.08. The molecule has 1 saturated heterocycles. The van der Waals surface area contributed by atoms with Crippen LogP contribution in [0.25, 0.3) is 0 Å². The molecule has 3 nitrogen and oxygen atoms in total. The molecule has 1 heterocycles. The van der Waals surface area contributed by atoms with Crippen LogP contribution in [0.15, 0.2) is 0 Å². The Balaban J connectivity index is 1.91. The van der Waals surface area contributed by atoms with Crippen LogP contribution in [0.4, 0.5) is 0 Å². The van der Waals surface area contributed by atoms with Crippen LogP contribution in [0.1, 0.15) is 58.3 Å². The van der Waals surface area contributed by atoms with E-state index in [0.717, 1.165) is 26.2 Å². The summed E-state index contributed by atoms with van der Waals surface area (Å²) in [6, 6.07) is 0. The highest BCUT2D eigenvalue weighted by molar-refractivity contribution is 4.65. The summed E-state index contributed by atoms with van der Waals surface area (Å²) < 4.78 is 0. The largest absolute Gasteiger partial charge is 0.314 e. The maximum atomic E-state index is 3.48. The molecule has 1 rings (SSSR count). The summed E-state index contributed by atoms with van der Waals surface area (Å²) >= 11 is 0. The molecule has 1 aliphatic rings. The van der Waals surface area contributed by atoms with Gasteiger partial charge in [-0.1, -0.05) is 51.9 Å². The molecule has 19 heavy (non-hydrogen) atoms. The zero-order chi connectivity index (χ0) is 13.6. The lowest BCUT2D eigenvalue weighted by atomic mass is 10.1. The predicted molar refractivity (Wildman–Crippen MR) is 84.8 cm³/mol. The van der Waals surface area contributed by atoms with Crippen molar-refractivity contribution in [3.63, 3.8) is 0 Å². The second kappa shape index (κ2) is 12.9. The lowest BCUT2D eigenvalue weighted by Crippen LogP contribution is -2.34. The molecule has 1 fully saturated rings. The van der Waals surface area contributed by atoms with Gasteiger partial charge in [-0.25, -0.2) is 0 Å². The summed E-state index contributed by atoms with van der Waals surface area (Å²) in [5.74, 6) is 0. The van der Waals surface area contributed by atoms with Crippen molar-refractivity contribution in [2.24, 2.45) is 0 Å². The fraction of sp³-hybridized carbons (Fsp3) is 1.00. The molecule has 0 saturated carbocycles. The number of nitrogens with zero attached hydrogens (tertiary/aromatic N) is 1. The second-order valence-electron chi connectivity index (χ2n) is 5.82. The van der Waals surface area contributed by atoms with Gasteiger partial charge in [0, 0.05) is 39.3 Å². The SMILES string of the molecule is CCCCCCCCCCN1CCNCCNCC1. The lowest BCUT2D eigenvalue weighted by molar-refractivity contribution is 0.273. The second-order valence-corrected chi connectivity index (χ2v) is 5.82. The highest BCUT2D eigenvalue weighted by Gasteiger charge is 2.05. The Bertz CT molecular complexity index is 175. The van der Waals surface area contributed by atoms with Gasteiger partial charge in [-0.15, -0.1) is 0 Å². The Morgan fingerprint density at radius 1 is 0.684 bits per heavy atom. The molecule has 0 aromatic rings. The average molecular weight is 269 g/mol. The predicted octanol–water partition coefficient (Wildman–Crippen LogP) is 2.62. The first-order valence-corrected chi connectivity index (χ1v) is 8.57. The van der Waals surface area contributed by atoms with Crippen LogP contribution in [0.5, 0.6) is 0 Å². The van der Waals surface area contributed by atoms with Crippen LogP contribution in [-0.4, -0.2) is 50.7 Å². The number of unbranched alkanes of at least 4 members (excludes halogenated alkanes) is 7. The Morgan fingerprint density at radius 3 is 1.79 bits per heavy atom.